The van der Waals surface area contributed by atoms with Crippen LogP contribution in [0.2, 0.25) is 0 Å². The number of nitrogens with one attached hydrogen (secondary N) is 2. The van der Waals surface area contributed by atoms with Crippen molar-refractivity contribution >= 4 is 23.6 Å². The Morgan fingerprint density at radius 2 is 0.829 bits per heavy atom. The van der Waals surface area contributed by atoms with Crippen LogP contribution in [0.1, 0.15) is 12.8 Å². The summed E-state index contributed by atoms with van der Waals surface area (Å²) in [6, 6.07) is 0. The van der Waals surface area contributed by atoms with E-state index in [1.165, 1.54) is 0 Å². The van der Waals surface area contributed by atoms with Crippen molar-refractivity contribution in [2.24, 2.45) is 71.0 Å². The minimum absolute atomic E-state index is 0.0795. The average Bonchev–Trinajstić information content (AvgIpc) is 3.53. The van der Waals surface area contributed by atoms with Gasteiger partial charge in [0.2, 0.25) is 23.6 Å². The first-order chi connectivity index (χ1) is 16.3. The molecule has 6 bridgehead atoms. The third-order valence-corrected chi connectivity index (χ3v) is 11.2. The molecule has 2 unspecified atom stereocenters. The number of carbonyl (C=O) groups is 4. The number of alkyl halides is 6. The van der Waals surface area contributed by atoms with E-state index in [1.54, 1.807) is 0 Å². The van der Waals surface area contributed by atoms with E-state index < -0.39 is 118 Å². The minimum Gasteiger partial charge on any atom is -0.348 e. The molecule has 0 aromatic rings. The summed E-state index contributed by atoms with van der Waals surface area (Å²) in [6.07, 6.45) is -10.6. The normalized spacial score (nSPS) is 58.6. The zero-order valence-corrected chi connectivity index (χ0v) is 17.7. The lowest BCUT2D eigenvalue weighted by Crippen LogP contribution is -2.66. The van der Waals surface area contributed by atoms with Gasteiger partial charge >= 0.3 is 12.4 Å². The van der Waals surface area contributed by atoms with Crippen LogP contribution in [-0.2, 0) is 23.9 Å². The molecular weight excluding hydrogens is 486 g/mol. The van der Waals surface area contributed by atoms with Crippen LogP contribution in [0.3, 0.4) is 0 Å². The van der Waals surface area contributed by atoms with Crippen LogP contribution in [0.25, 0.3) is 0 Å². The quantitative estimate of drug-likeness (QED) is 0.381. The van der Waals surface area contributed by atoms with Crippen molar-refractivity contribution < 1.29 is 50.3 Å². The zero-order valence-electron chi connectivity index (χ0n) is 17.7. The Morgan fingerprint density at radius 1 is 0.571 bits per heavy atom. The zero-order chi connectivity index (χ0) is 24.8. The molecule has 0 spiro atoms. The molecule has 8 rings (SSSR count). The van der Waals surface area contributed by atoms with Crippen LogP contribution in [0.4, 0.5) is 26.3 Å². The molecule has 4 heterocycles. The molecule has 4 amide bonds. The van der Waals surface area contributed by atoms with Gasteiger partial charge in [-0.2, -0.15) is 26.3 Å². The van der Waals surface area contributed by atoms with Gasteiger partial charge in [0, 0.05) is 23.7 Å². The van der Waals surface area contributed by atoms with Crippen LogP contribution in [-0.4, -0.2) is 47.2 Å². The number of hydrogen-bond donors (Lipinski definition) is 2. The Bertz CT molecular complexity index is 1010. The predicted molar refractivity (Wildman–Crippen MR) is 96.1 cm³/mol. The van der Waals surface area contributed by atoms with Crippen molar-refractivity contribution in [2.45, 2.75) is 36.4 Å². The smallest absolute Gasteiger partial charge is 0.348 e. The molecule has 7 nitrogen and oxygen atoms in total. The van der Waals surface area contributed by atoms with Crippen molar-refractivity contribution in [2.75, 3.05) is 0 Å². The Morgan fingerprint density at radius 3 is 1.06 bits per heavy atom. The summed E-state index contributed by atoms with van der Waals surface area (Å²) in [5.74, 6) is -18.3. The Kier molecular flexibility index (Phi) is 3.23. The fraction of sp³-hybridized carbons (Fsp3) is 0.818. The first-order valence-electron chi connectivity index (χ1n) is 11.8. The third kappa shape index (κ3) is 1.79. The van der Waals surface area contributed by atoms with Crippen molar-refractivity contribution in [1.82, 2.24) is 10.6 Å². The standard InChI is InChI=1S/C22H18F6N2O5/c23-21(24,25)19-11-3-1-4(8-7(3)15(31)29-16(8)32)12(11)20(35-19,22(26,27)28)14-6-2-5(13(14)19)9-10(6)18(34)30-17(9)33/h3-14H,1-2H2,(H,29,31,32)(H,30,33,34)/t3-,4+,5+,6-,7+,8-,9-,10+,11+,12-,13-,14+,19?,20?. The van der Waals surface area contributed by atoms with E-state index in [0.29, 0.717) is 0 Å². The number of ether oxygens (including phenoxy) is 1. The van der Waals surface area contributed by atoms with Gasteiger partial charge in [-0.05, 0) is 36.5 Å². The SMILES string of the molecule is O=C1NC(=O)[C@H]2[C@H]3C[C@@H]([C@@H]12)[C@@H]1[C@H]3C2(C(F)(F)F)OC1(C(F)(F)F)[C@H]1[C@@H]3C[C@@H]([C@H]4C(=O)NC(=O)[C@@H]34)[C@H]12. The highest BCUT2D eigenvalue weighted by atomic mass is 19.4. The molecule has 2 N–H and O–H groups in total. The number of amides is 4. The minimum atomic E-state index is -5.21. The summed E-state index contributed by atoms with van der Waals surface area (Å²) >= 11 is 0. The molecule has 8 aliphatic rings. The van der Waals surface area contributed by atoms with E-state index in [9.17, 15) is 19.2 Å². The maximum atomic E-state index is 15.1. The summed E-state index contributed by atoms with van der Waals surface area (Å²) < 4.78 is 96.2. The van der Waals surface area contributed by atoms with E-state index in [1.807, 2.05) is 0 Å². The molecule has 4 aliphatic carbocycles. The predicted octanol–water partition coefficient (Wildman–Crippen LogP) is 1.17. The fourth-order valence-corrected chi connectivity index (χ4v) is 11.0. The molecule has 13 heteroatoms. The van der Waals surface area contributed by atoms with Crippen LogP contribution < -0.4 is 10.6 Å². The van der Waals surface area contributed by atoms with Gasteiger partial charge in [0.05, 0.1) is 23.7 Å². The van der Waals surface area contributed by atoms with Gasteiger partial charge in [-0.1, -0.05) is 0 Å². The van der Waals surface area contributed by atoms with Crippen LogP contribution in [0.5, 0.6) is 0 Å². The van der Waals surface area contributed by atoms with Gasteiger partial charge < -0.3 is 4.74 Å². The van der Waals surface area contributed by atoms with Crippen molar-refractivity contribution in [3.63, 3.8) is 0 Å². The molecule has 0 aromatic carbocycles. The second-order valence-corrected chi connectivity index (χ2v) is 11.7. The van der Waals surface area contributed by atoms with Crippen LogP contribution >= 0.6 is 0 Å². The Labute approximate surface area is 192 Å². The second kappa shape index (κ2) is 5.40. The number of rotatable bonds is 0. The lowest BCUT2D eigenvalue weighted by molar-refractivity contribution is -0.329. The van der Waals surface area contributed by atoms with Gasteiger partial charge in [0.15, 0.2) is 11.2 Å². The molecule has 4 saturated heterocycles. The number of carbonyl (C=O) groups excluding carboxylic acids is 4. The topological polar surface area (TPSA) is 102 Å². The molecule has 14 atom stereocenters. The molecule has 0 radical (unpaired) electrons. The van der Waals surface area contributed by atoms with Crippen molar-refractivity contribution in [3.8, 4) is 0 Å². The van der Waals surface area contributed by atoms with Crippen molar-refractivity contribution in [3.05, 3.63) is 0 Å². The molecule has 8 fully saturated rings. The molecule has 4 aliphatic heterocycles. The van der Waals surface area contributed by atoms with Crippen LogP contribution in [0, 0.1) is 71.0 Å². The molecule has 188 valence electrons. The molecule has 0 aromatic heterocycles. The number of halogens is 6. The van der Waals surface area contributed by atoms with E-state index >= 15 is 26.3 Å². The average molecular weight is 504 g/mol. The first-order valence-corrected chi connectivity index (χ1v) is 11.8. The summed E-state index contributed by atoms with van der Waals surface area (Å²) in [5.41, 5.74) is -6.38. The number of imide groups is 2. The molecule has 4 saturated carbocycles. The maximum Gasteiger partial charge on any atom is 0.418 e. The first kappa shape index (κ1) is 21.0. The van der Waals surface area contributed by atoms with Gasteiger partial charge in [0.1, 0.15) is 0 Å². The van der Waals surface area contributed by atoms with E-state index in [-0.39, 0.29) is 12.8 Å². The largest absolute Gasteiger partial charge is 0.418 e. The fourth-order valence-electron chi connectivity index (χ4n) is 11.0. The lowest BCUT2D eigenvalue weighted by atomic mass is 9.46. The van der Waals surface area contributed by atoms with Gasteiger partial charge in [0.25, 0.3) is 0 Å². The monoisotopic (exact) mass is 504 g/mol. The highest BCUT2D eigenvalue weighted by Crippen LogP contribution is 2.86. The lowest BCUT2D eigenvalue weighted by Gasteiger charge is -2.53. The summed E-state index contributed by atoms with van der Waals surface area (Å²) in [5, 5.41) is 4.21. The number of hydrogen-bond acceptors (Lipinski definition) is 5. The van der Waals surface area contributed by atoms with Gasteiger partial charge in [-0.25, -0.2) is 0 Å². The molecular formula is C22H18F6N2O5. The maximum absolute atomic E-state index is 15.1. The summed E-state index contributed by atoms with van der Waals surface area (Å²) in [7, 11) is 0. The van der Waals surface area contributed by atoms with Crippen molar-refractivity contribution in [1.29, 1.82) is 0 Å². The highest BCUT2D eigenvalue weighted by molar-refractivity contribution is 6.07. The Balaban J connectivity index is 1.39. The summed E-state index contributed by atoms with van der Waals surface area (Å²) in [6.45, 7) is 0. The van der Waals surface area contributed by atoms with Gasteiger partial charge in [-0.3, -0.25) is 29.8 Å². The Hall–Kier alpha value is -2.18. The summed E-state index contributed by atoms with van der Waals surface area (Å²) in [4.78, 5) is 50.0. The third-order valence-electron chi connectivity index (χ3n) is 11.2. The molecule has 35 heavy (non-hydrogen) atoms. The van der Waals surface area contributed by atoms with E-state index in [0.717, 1.165) is 0 Å². The number of fused-ring (bicyclic) bond motifs is 22. The second-order valence-electron chi connectivity index (χ2n) is 11.7. The highest BCUT2D eigenvalue weighted by Gasteiger charge is 2.97. The van der Waals surface area contributed by atoms with Gasteiger partial charge in [-0.15, -0.1) is 0 Å². The van der Waals surface area contributed by atoms with E-state index in [2.05, 4.69) is 10.6 Å². The van der Waals surface area contributed by atoms with E-state index in [4.69, 9.17) is 4.74 Å². The van der Waals surface area contributed by atoms with Crippen LogP contribution in [0.15, 0.2) is 0 Å².